The van der Waals surface area contributed by atoms with Crippen molar-refractivity contribution >= 4 is 0 Å². The number of methoxy groups -OCH3 is 1. The molecule has 4 aliphatic carbocycles. The molecule has 5 fully saturated rings. The molecular weight excluding hydrogens is 358 g/mol. The molecule has 29 heavy (non-hydrogen) atoms. The minimum Gasteiger partial charge on any atom is -0.457 e. The molecule has 1 saturated heterocycles. The predicted octanol–water partition coefficient (Wildman–Crippen LogP) is 5.39. The molecule has 1 N–H and O–H groups in total. The zero-order valence-electron chi connectivity index (χ0n) is 17.3. The van der Waals surface area contributed by atoms with Crippen molar-refractivity contribution in [2.45, 2.75) is 49.5 Å². The van der Waals surface area contributed by atoms with Gasteiger partial charge in [-0.1, -0.05) is 24.3 Å². The maximum Gasteiger partial charge on any atom is 0.127 e. The van der Waals surface area contributed by atoms with Crippen molar-refractivity contribution in [1.29, 1.82) is 0 Å². The number of rotatable bonds is 5. The van der Waals surface area contributed by atoms with Crippen LogP contribution >= 0.6 is 0 Å². The first kappa shape index (κ1) is 18.0. The Bertz CT molecular complexity index is 841. The van der Waals surface area contributed by atoms with E-state index in [-0.39, 0.29) is 5.60 Å². The van der Waals surface area contributed by atoms with E-state index in [0.717, 1.165) is 42.3 Å². The summed E-state index contributed by atoms with van der Waals surface area (Å²) in [6, 6.07) is 17.4. The fourth-order valence-corrected chi connectivity index (χ4v) is 7.12. The van der Waals surface area contributed by atoms with Crippen LogP contribution in [0.2, 0.25) is 0 Å². The van der Waals surface area contributed by atoms with Gasteiger partial charge in [-0.15, -0.1) is 0 Å². The van der Waals surface area contributed by atoms with Crippen LogP contribution in [0.3, 0.4) is 0 Å². The van der Waals surface area contributed by atoms with Gasteiger partial charge in [-0.25, -0.2) is 0 Å². The third-order valence-corrected chi connectivity index (χ3v) is 8.33. The van der Waals surface area contributed by atoms with Crippen molar-refractivity contribution in [3.63, 3.8) is 0 Å². The average Bonchev–Trinajstić information content (AvgIpc) is 2.68. The Morgan fingerprint density at radius 3 is 1.62 bits per heavy atom. The van der Waals surface area contributed by atoms with E-state index >= 15 is 0 Å². The lowest BCUT2D eigenvalue weighted by Gasteiger charge is -2.57. The summed E-state index contributed by atoms with van der Waals surface area (Å²) in [5.74, 6) is 4.76. The zero-order chi connectivity index (χ0) is 19.5. The van der Waals surface area contributed by atoms with E-state index in [2.05, 4.69) is 53.8 Å². The summed E-state index contributed by atoms with van der Waals surface area (Å²) in [6.45, 7) is 1.74. The Hall–Kier alpha value is -1.84. The minimum atomic E-state index is -0.169. The highest BCUT2D eigenvalue weighted by molar-refractivity contribution is 5.39. The zero-order valence-corrected chi connectivity index (χ0v) is 17.3. The number of benzene rings is 2. The predicted molar refractivity (Wildman–Crippen MR) is 114 cm³/mol. The van der Waals surface area contributed by atoms with Gasteiger partial charge in [0.25, 0.3) is 0 Å². The Morgan fingerprint density at radius 2 is 1.21 bits per heavy atom. The van der Waals surface area contributed by atoms with Crippen LogP contribution < -0.4 is 10.1 Å². The molecule has 4 bridgehead atoms. The van der Waals surface area contributed by atoms with Crippen molar-refractivity contribution in [3.05, 3.63) is 59.7 Å². The molecule has 0 aromatic heterocycles. The van der Waals surface area contributed by atoms with Crippen LogP contribution in [0.5, 0.6) is 11.5 Å². The van der Waals surface area contributed by atoms with E-state index in [0.29, 0.717) is 5.41 Å². The number of ether oxygens (including phenoxy) is 2. The quantitative estimate of drug-likeness (QED) is 0.743. The first-order valence-corrected chi connectivity index (χ1v) is 11.3. The largest absolute Gasteiger partial charge is 0.457 e. The van der Waals surface area contributed by atoms with Crippen molar-refractivity contribution in [1.82, 2.24) is 5.32 Å². The van der Waals surface area contributed by atoms with Crippen molar-refractivity contribution in [2.75, 3.05) is 20.2 Å². The summed E-state index contributed by atoms with van der Waals surface area (Å²) in [5.41, 5.74) is 3.06. The van der Waals surface area contributed by atoms with E-state index in [1.54, 1.807) is 12.7 Å². The van der Waals surface area contributed by atoms with E-state index in [4.69, 9.17) is 9.47 Å². The van der Waals surface area contributed by atoms with Gasteiger partial charge in [-0.05, 0) is 97.1 Å². The molecule has 1 aliphatic heterocycles. The molecule has 2 aromatic carbocycles. The van der Waals surface area contributed by atoms with Gasteiger partial charge in [0.15, 0.2) is 0 Å². The van der Waals surface area contributed by atoms with Crippen molar-refractivity contribution in [3.8, 4) is 11.5 Å². The molecule has 5 aliphatic rings. The lowest BCUT2D eigenvalue weighted by Crippen LogP contribution is -2.57. The topological polar surface area (TPSA) is 30.5 Å². The third-order valence-electron chi connectivity index (χ3n) is 8.33. The Labute approximate surface area is 173 Å². The molecule has 1 heterocycles. The molecule has 0 radical (unpaired) electrons. The molecule has 0 atom stereocenters. The van der Waals surface area contributed by atoms with Crippen LogP contribution in [0.4, 0.5) is 0 Å². The molecular formula is C26H31NO2. The lowest BCUT2D eigenvalue weighted by molar-refractivity contribution is -0.0565. The first-order valence-electron chi connectivity index (χ1n) is 11.3. The SMILES string of the molecule is COC1(c2ccc(Oc3ccc(C45CC6CC(CC(C6)C4)C5)cc3)cc2)CNC1. The van der Waals surface area contributed by atoms with Gasteiger partial charge in [-0.3, -0.25) is 0 Å². The number of hydrogen-bond donors (Lipinski definition) is 1. The molecule has 0 spiro atoms. The number of nitrogens with one attached hydrogen (secondary N) is 1. The molecule has 4 saturated carbocycles. The summed E-state index contributed by atoms with van der Waals surface area (Å²) >= 11 is 0. The second-order valence-corrected chi connectivity index (χ2v) is 10.2. The summed E-state index contributed by atoms with van der Waals surface area (Å²) in [6.07, 6.45) is 8.73. The van der Waals surface area contributed by atoms with Gasteiger partial charge in [0.05, 0.1) is 0 Å². The van der Waals surface area contributed by atoms with Gasteiger partial charge in [-0.2, -0.15) is 0 Å². The molecule has 0 unspecified atom stereocenters. The third kappa shape index (κ3) is 2.93. The molecule has 3 nitrogen and oxygen atoms in total. The highest BCUT2D eigenvalue weighted by Gasteiger charge is 2.51. The normalized spacial score (nSPS) is 34.0. The van der Waals surface area contributed by atoms with Crippen molar-refractivity contribution in [2.24, 2.45) is 17.8 Å². The smallest absolute Gasteiger partial charge is 0.127 e. The van der Waals surface area contributed by atoms with E-state index < -0.39 is 0 Å². The minimum absolute atomic E-state index is 0.169. The fraction of sp³-hybridized carbons (Fsp3) is 0.538. The van der Waals surface area contributed by atoms with Gasteiger partial charge < -0.3 is 14.8 Å². The van der Waals surface area contributed by atoms with Crippen LogP contribution in [-0.4, -0.2) is 20.2 Å². The molecule has 152 valence electrons. The van der Waals surface area contributed by atoms with Gasteiger partial charge in [0, 0.05) is 20.2 Å². The monoisotopic (exact) mass is 389 g/mol. The van der Waals surface area contributed by atoms with Gasteiger partial charge in [0.1, 0.15) is 17.1 Å². The summed E-state index contributed by atoms with van der Waals surface area (Å²) < 4.78 is 11.9. The molecule has 0 amide bonds. The Kier molecular flexibility index (Phi) is 4.08. The van der Waals surface area contributed by atoms with Crippen LogP contribution in [0, 0.1) is 17.8 Å². The lowest BCUT2D eigenvalue weighted by atomic mass is 9.48. The van der Waals surface area contributed by atoms with Crippen molar-refractivity contribution < 1.29 is 9.47 Å². The second-order valence-electron chi connectivity index (χ2n) is 10.2. The summed E-state index contributed by atoms with van der Waals surface area (Å²) in [7, 11) is 1.79. The highest BCUT2D eigenvalue weighted by Crippen LogP contribution is 2.60. The Balaban J connectivity index is 1.17. The standard InChI is InChI=1S/C26H31NO2/c1-28-26(16-27-17-26)22-4-8-24(9-5-22)29-23-6-2-21(3-7-23)25-13-18-10-19(14-25)12-20(11-18)15-25/h2-9,18-20,27H,10-17H2,1H3. The first-order chi connectivity index (χ1) is 14.2. The fourth-order valence-electron chi connectivity index (χ4n) is 7.12. The van der Waals surface area contributed by atoms with E-state index in [1.807, 2.05) is 0 Å². The summed E-state index contributed by atoms with van der Waals surface area (Å²) in [4.78, 5) is 0. The van der Waals surface area contributed by atoms with E-state index in [9.17, 15) is 0 Å². The maximum absolute atomic E-state index is 6.15. The highest BCUT2D eigenvalue weighted by atomic mass is 16.5. The van der Waals surface area contributed by atoms with Crippen LogP contribution in [-0.2, 0) is 15.8 Å². The maximum atomic E-state index is 6.15. The molecule has 2 aromatic rings. The van der Waals surface area contributed by atoms with Gasteiger partial charge >= 0.3 is 0 Å². The number of hydrogen-bond acceptors (Lipinski definition) is 3. The van der Waals surface area contributed by atoms with Crippen LogP contribution in [0.1, 0.15) is 49.7 Å². The Morgan fingerprint density at radius 1 is 0.724 bits per heavy atom. The molecule has 3 heteroatoms. The van der Waals surface area contributed by atoms with Gasteiger partial charge in [0.2, 0.25) is 0 Å². The van der Waals surface area contributed by atoms with E-state index in [1.165, 1.54) is 44.1 Å². The average molecular weight is 390 g/mol. The second kappa shape index (κ2) is 6.58. The van der Waals surface area contributed by atoms with Crippen LogP contribution in [0.25, 0.3) is 0 Å². The van der Waals surface area contributed by atoms with Crippen LogP contribution in [0.15, 0.2) is 48.5 Å². The summed E-state index contributed by atoms with van der Waals surface area (Å²) in [5, 5.41) is 3.30. The molecule has 7 rings (SSSR count).